The smallest absolute Gasteiger partial charge is 0.253 e. The summed E-state index contributed by atoms with van der Waals surface area (Å²) in [5, 5.41) is 14.3. The summed E-state index contributed by atoms with van der Waals surface area (Å²) in [5.74, 6) is 1.39. The molecular formula is C23H29N7O2. The van der Waals surface area contributed by atoms with Crippen molar-refractivity contribution >= 4 is 17.5 Å². The predicted octanol–water partition coefficient (Wildman–Crippen LogP) is 1.87. The summed E-state index contributed by atoms with van der Waals surface area (Å²) in [6.07, 6.45) is 8.34. The molecule has 0 radical (unpaired) electrons. The van der Waals surface area contributed by atoms with Gasteiger partial charge in [-0.15, -0.1) is 0 Å². The molecule has 168 valence electrons. The first-order valence-corrected chi connectivity index (χ1v) is 10.7. The number of rotatable bonds is 7. The number of nitrogens with one attached hydrogen (secondary N) is 1. The van der Waals surface area contributed by atoms with Crippen LogP contribution in [0.1, 0.15) is 28.8 Å². The first-order valence-electron chi connectivity index (χ1n) is 10.7. The molecule has 32 heavy (non-hydrogen) atoms. The van der Waals surface area contributed by atoms with Crippen molar-refractivity contribution in [1.82, 2.24) is 24.4 Å². The van der Waals surface area contributed by atoms with E-state index in [0.717, 1.165) is 30.2 Å². The van der Waals surface area contributed by atoms with Gasteiger partial charge in [-0.25, -0.2) is 15.0 Å². The van der Waals surface area contributed by atoms with Crippen LogP contribution in [0.5, 0.6) is 0 Å². The monoisotopic (exact) mass is 435 g/mol. The van der Waals surface area contributed by atoms with Gasteiger partial charge in [0.25, 0.3) is 5.91 Å². The third-order valence-corrected chi connectivity index (χ3v) is 5.76. The lowest BCUT2D eigenvalue weighted by molar-refractivity contribution is -0.000137. The van der Waals surface area contributed by atoms with E-state index in [1.165, 1.54) is 6.33 Å². The number of anilines is 2. The van der Waals surface area contributed by atoms with E-state index in [1.54, 1.807) is 24.5 Å². The van der Waals surface area contributed by atoms with Crippen LogP contribution in [0.2, 0.25) is 0 Å². The van der Waals surface area contributed by atoms with Crippen molar-refractivity contribution in [3.8, 4) is 0 Å². The number of β-amino-alcohol motifs (C(OH)–C–C–N with tert-alkyl or cyclic N) is 1. The number of imidazole rings is 1. The number of hydrogen-bond acceptors (Lipinski definition) is 7. The highest BCUT2D eigenvalue weighted by atomic mass is 16.3. The highest BCUT2D eigenvalue weighted by Crippen LogP contribution is 2.26. The van der Waals surface area contributed by atoms with Gasteiger partial charge < -0.3 is 24.8 Å². The van der Waals surface area contributed by atoms with E-state index in [0.29, 0.717) is 25.1 Å². The van der Waals surface area contributed by atoms with Crippen molar-refractivity contribution in [2.24, 2.45) is 0 Å². The summed E-state index contributed by atoms with van der Waals surface area (Å²) in [4.78, 5) is 29.3. The molecule has 2 aromatic heterocycles. The van der Waals surface area contributed by atoms with E-state index in [1.807, 2.05) is 48.1 Å². The van der Waals surface area contributed by atoms with Gasteiger partial charge in [-0.2, -0.15) is 0 Å². The molecule has 1 aliphatic rings. The van der Waals surface area contributed by atoms with Gasteiger partial charge in [-0.3, -0.25) is 4.79 Å². The minimum absolute atomic E-state index is 0.109. The largest absolute Gasteiger partial charge is 0.386 e. The Labute approximate surface area is 187 Å². The van der Waals surface area contributed by atoms with E-state index in [4.69, 9.17) is 0 Å². The molecule has 0 aliphatic carbocycles. The molecule has 0 unspecified atom stereocenters. The molecule has 9 nitrogen and oxygen atoms in total. The molecule has 0 spiro atoms. The normalized spacial score (nSPS) is 18.4. The molecule has 1 atom stereocenters. The molecule has 1 aromatic carbocycles. The standard InChI is InChI=1S/C23H29N7O2/c1-24-20-12-21(27-16-26-20)30-9-4-7-23(32,15-30)14-28(2)22(31)19-6-3-5-18(11-19)13-29-10-8-25-17-29/h3,5-6,8,10-12,16-17,32H,4,7,9,13-15H2,1-2H3,(H,24,26,27)/t23-/m0/s1. The Morgan fingerprint density at radius 1 is 1.31 bits per heavy atom. The van der Waals surface area contributed by atoms with Crippen molar-refractivity contribution in [2.45, 2.75) is 25.0 Å². The number of likely N-dealkylation sites (N-methyl/N-ethyl adjacent to an activating group) is 1. The lowest BCUT2D eigenvalue weighted by atomic mass is 9.92. The van der Waals surface area contributed by atoms with Crippen LogP contribution in [0, 0.1) is 0 Å². The minimum Gasteiger partial charge on any atom is -0.386 e. The Morgan fingerprint density at radius 3 is 2.97 bits per heavy atom. The Balaban J connectivity index is 1.43. The first kappa shape index (κ1) is 21.8. The van der Waals surface area contributed by atoms with Gasteiger partial charge in [0.15, 0.2) is 0 Å². The van der Waals surface area contributed by atoms with E-state index in [2.05, 4.69) is 25.2 Å². The molecular weight excluding hydrogens is 406 g/mol. The predicted molar refractivity (Wildman–Crippen MR) is 123 cm³/mol. The van der Waals surface area contributed by atoms with Crippen molar-refractivity contribution in [1.29, 1.82) is 0 Å². The van der Waals surface area contributed by atoms with Crippen LogP contribution in [-0.2, 0) is 6.54 Å². The van der Waals surface area contributed by atoms with Crippen LogP contribution in [0.3, 0.4) is 0 Å². The van der Waals surface area contributed by atoms with Gasteiger partial charge in [0.05, 0.1) is 18.5 Å². The summed E-state index contributed by atoms with van der Waals surface area (Å²) in [7, 11) is 3.55. The minimum atomic E-state index is -1.01. The number of benzene rings is 1. The first-order chi connectivity index (χ1) is 15.5. The third-order valence-electron chi connectivity index (χ3n) is 5.76. The zero-order chi connectivity index (χ0) is 22.6. The lowest BCUT2D eigenvalue weighted by Crippen LogP contribution is -2.54. The maximum atomic E-state index is 13.1. The molecule has 3 aromatic rings. The number of amides is 1. The van der Waals surface area contributed by atoms with Gasteiger partial charge in [0.1, 0.15) is 18.0 Å². The fourth-order valence-corrected chi connectivity index (χ4v) is 4.22. The van der Waals surface area contributed by atoms with Crippen LogP contribution >= 0.6 is 0 Å². The summed E-state index contributed by atoms with van der Waals surface area (Å²) in [5.41, 5.74) is 0.617. The van der Waals surface area contributed by atoms with E-state index in [9.17, 15) is 9.90 Å². The number of carbonyl (C=O) groups is 1. The molecule has 0 bridgehead atoms. The molecule has 9 heteroatoms. The molecule has 1 aliphatic heterocycles. The summed E-state index contributed by atoms with van der Waals surface area (Å²) >= 11 is 0. The zero-order valence-corrected chi connectivity index (χ0v) is 18.5. The molecule has 2 N–H and O–H groups in total. The topological polar surface area (TPSA) is 99.4 Å². The van der Waals surface area contributed by atoms with Crippen molar-refractivity contribution in [3.05, 3.63) is 66.5 Å². The Kier molecular flexibility index (Phi) is 6.36. The summed E-state index contributed by atoms with van der Waals surface area (Å²) in [6, 6.07) is 9.46. The molecule has 1 fully saturated rings. The number of piperidine rings is 1. The SMILES string of the molecule is CNc1cc(N2CCC[C@](O)(CN(C)C(=O)c3cccc(Cn4ccnc4)c3)C2)ncn1. The molecule has 0 saturated carbocycles. The van der Waals surface area contributed by atoms with Gasteiger partial charge in [0, 0.05) is 57.8 Å². The average molecular weight is 436 g/mol. The van der Waals surface area contributed by atoms with Crippen LogP contribution in [0.15, 0.2) is 55.4 Å². The zero-order valence-electron chi connectivity index (χ0n) is 18.5. The summed E-state index contributed by atoms with van der Waals surface area (Å²) in [6.45, 7) is 2.11. The number of aliphatic hydroxyl groups is 1. The van der Waals surface area contributed by atoms with E-state index < -0.39 is 5.60 Å². The van der Waals surface area contributed by atoms with Gasteiger partial charge in [0.2, 0.25) is 0 Å². The number of aromatic nitrogens is 4. The van der Waals surface area contributed by atoms with Crippen LogP contribution in [0.25, 0.3) is 0 Å². The van der Waals surface area contributed by atoms with Crippen molar-refractivity contribution < 1.29 is 9.90 Å². The summed E-state index contributed by atoms with van der Waals surface area (Å²) < 4.78 is 1.96. The number of hydrogen-bond donors (Lipinski definition) is 2. The Bertz CT molecular complexity index is 1060. The maximum Gasteiger partial charge on any atom is 0.253 e. The molecule has 1 amide bonds. The second-order valence-corrected chi connectivity index (χ2v) is 8.36. The van der Waals surface area contributed by atoms with Crippen molar-refractivity contribution in [3.63, 3.8) is 0 Å². The maximum absolute atomic E-state index is 13.1. The Hall–Kier alpha value is -3.46. The molecule has 1 saturated heterocycles. The molecule has 4 rings (SSSR count). The highest BCUT2D eigenvalue weighted by molar-refractivity contribution is 5.94. The van der Waals surface area contributed by atoms with E-state index in [-0.39, 0.29) is 12.5 Å². The third kappa shape index (κ3) is 5.05. The van der Waals surface area contributed by atoms with E-state index >= 15 is 0 Å². The second-order valence-electron chi connectivity index (χ2n) is 8.36. The lowest BCUT2D eigenvalue weighted by Gasteiger charge is -2.41. The van der Waals surface area contributed by atoms with Gasteiger partial charge in [-0.1, -0.05) is 12.1 Å². The number of nitrogens with zero attached hydrogens (tertiary/aromatic N) is 6. The van der Waals surface area contributed by atoms with Crippen LogP contribution < -0.4 is 10.2 Å². The number of carbonyl (C=O) groups excluding carboxylic acids is 1. The average Bonchev–Trinajstić information content (AvgIpc) is 3.31. The fourth-order valence-electron chi connectivity index (χ4n) is 4.22. The van der Waals surface area contributed by atoms with Gasteiger partial charge in [-0.05, 0) is 30.5 Å². The van der Waals surface area contributed by atoms with Crippen molar-refractivity contribution in [2.75, 3.05) is 43.9 Å². The van der Waals surface area contributed by atoms with Crippen LogP contribution in [0.4, 0.5) is 11.6 Å². The highest BCUT2D eigenvalue weighted by Gasteiger charge is 2.36. The quantitative estimate of drug-likeness (QED) is 0.584. The Morgan fingerprint density at radius 2 is 2.19 bits per heavy atom. The van der Waals surface area contributed by atoms with Gasteiger partial charge >= 0.3 is 0 Å². The van der Waals surface area contributed by atoms with Crippen LogP contribution in [-0.4, -0.2) is 74.8 Å². The fraction of sp³-hybridized carbons (Fsp3) is 0.391. The second kappa shape index (κ2) is 9.35. The molecule has 3 heterocycles.